The van der Waals surface area contributed by atoms with E-state index >= 15 is 0 Å². The molecule has 66 valence electrons. The minimum Gasteiger partial charge on any atom is -0.744 e. The van der Waals surface area contributed by atoms with Gasteiger partial charge in [0, 0.05) is 4.47 Å². The fraction of sp³-hybridized carbons (Fsp3) is 0. The second kappa shape index (κ2) is 5.11. The summed E-state index contributed by atoms with van der Waals surface area (Å²) in [7, 11) is -4.47. The van der Waals surface area contributed by atoms with Crippen LogP contribution in [0.15, 0.2) is 27.6 Å². The van der Waals surface area contributed by atoms with Gasteiger partial charge >= 0.3 is 29.6 Å². The first-order valence-corrected chi connectivity index (χ1v) is 5.40. The van der Waals surface area contributed by atoms with E-state index in [1.807, 2.05) is 0 Å². The van der Waals surface area contributed by atoms with Gasteiger partial charge < -0.3 is 4.55 Å². The van der Waals surface area contributed by atoms with Crippen molar-refractivity contribution in [1.82, 2.24) is 0 Å². The van der Waals surface area contributed by atoms with Gasteiger partial charge in [-0.05, 0) is 18.2 Å². The quantitative estimate of drug-likeness (QED) is 0.493. The fourth-order valence-corrected chi connectivity index (χ4v) is 2.16. The van der Waals surface area contributed by atoms with Crippen molar-refractivity contribution in [2.45, 2.75) is 4.90 Å². The number of rotatable bonds is 1. The molecule has 0 fully saturated rings. The Kier molecular flexibility index (Phi) is 5.47. The standard InChI is InChI=1S/C6H4BrClO3S.Na/c7-4-1-2-5(8)6(3-4)12(9,10)11;/h1-3H,(H,9,10,11);/q;+1/p-1. The molecule has 0 aliphatic heterocycles. The molecular weight excluding hydrogens is 290 g/mol. The molecule has 0 bridgehead atoms. The SMILES string of the molecule is O=S(=O)([O-])c1cc(Br)ccc1Cl.[Na+]. The molecule has 0 atom stereocenters. The van der Waals surface area contributed by atoms with Gasteiger partial charge in [0.2, 0.25) is 0 Å². The third-order valence-electron chi connectivity index (χ3n) is 1.16. The summed E-state index contributed by atoms with van der Waals surface area (Å²) in [5, 5.41) is -0.0619. The first-order chi connectivity index (χ1) is 5.41. The average Bonchev–Trinajstić information content (AvgIpc) is 1.92. The molecule has 7 heteroatoms. The van der Waals surface area contributed by atoms with Gasteiger partial charge in [-0.25, -0.2) is 8.42 Å². The molecule has 0 unspecified atom stereocenters. The topological polar surface area (TPSA) is 57.2 Å². The van der Waals surface area contributed by atoms with E-state index in [1.165, 1.54) is 12.1 Å². The Bertz CT molecular complexity index is 406. The third-order valence-corrected chi connectivity index (χ3v) is 2.97. The molecular formula is C6H3BrClNaO3S. The zero-order valence-electron chi connectivity index (χ0n) is 6.62. The van der Waals surface area contributed by atoms with E-state index in [1.54, 1.807) is 6.07 Å². The summed E-state index contributed by atoms with van der Waals surface area (Å²) in [5.41, 5.74) is 0. The van der Waals surface area contributed by atoms with Crippen molar-refractivity contribution < 1.29 is 42.5 Å². The van der Waals surface area contributed by atoms with Crippen molar-refractivity contribution in [1.29, 1.82) is 0 Å². The van der Waals surface area contributed by atoms with Crippen LogP contribution in [0.1, 0.15) is 0 Å². The molecule has 0 aliphatic rings. The van der Waals surface area contributed by atoms with E-state index in [0.717, 1.165) is 0 Å². The van der Waals surface area contributed by atoms with Gasteiger partial charge in [-0.15, -0.1) is 0 Å². The molecule has 1 aromatic rings. The fourth-order valence-electron chi connectivity index (χ4n) is 0.669. The van der Waals surface area contributed by atoms with Crippen molar-refractivity contribution >= 4 is 37.6 Å². The van der Waals surface area contributed by atoms with Crippen LogP contribution in [0.4, 0.5) is 0 Å². The molecule has 0 N–H and O–H groups in total. The van der Waals surface area contributed by atoms with E-state index in [9.17, 15) is 13.0 Å². The summed E-state index contributed by atoms with van der Waals surface area (Å²) in [6.07, 6.45) is 0. The Labute approximate surface area is 112 Å². The van der Waals surface area contributed by atoms with Crippen molar-refractivity contribution in [3.63, 3.8) is 0 Å². The Morgan fingerprint density at radius 2 is 1.92 bits per heavy atom. The van der Waals surface area contributed by atoms with Crippen LogP contribution < -0.4 is 29.6 Å². The normalized spacial score (nSPS) is 10.7. The van der Waals surface area contributed by atoms with E-state index in [4.69, 9.17) is 11.6 Å². The van der Waals surface area contributed by atoms with Crippen LogP contribution in [0.3, 0.4) is 0 Å². The number of hydrogen-bond acceptors (Lipinski definition) is 3. The van der Waals surface area contributed by atoms with Crippen LogP contribution in [0.5, 0.6) is 0 Å². The molecule has 0 saturated carbocycles. The zero-order chi connectivity index (χ0) is 9.35. The van der Waals surface area contributed by atoms with E-state index in [-0.39, 0.29) is 34.6 Å². The molecule has 0 amide bonds. The maximum absolute atomic E-state index is 10.5. The second-order valence-electron chi connectivity index (χ2n) is 2.03. The summed E-state index contributed by atoms with van der Waals surface area (Å²) in [6.45, 7) is 0. The van der Waals surface area contributed by atoms with Crippen molar-refractivity contribution in [2.75, 3.05) is 0 Å². The van der Waals surface area contributed by atoms with E-state index < -0.39 is 15.0 Å². The summed E-state index contributed by atoms with van der Waals surface area (Å²) in [5.74, 6) is 0. The van der Waals surface area contributed by atoms with Gasteiger partial charge in [-0.2, -0.15) is 0 Å². The van der Waals surface area contributed by atoms with Gasteiger partial charge in [-0.3, -0.25) is 0 Å². The van der Waals surface area contributed by atoms with Crippen LogP contribution in [-0.4, -0.2) is 13.0 Å². The average molecular weight is 294 g/mol. The van der Waals surface area contributed by atoms with Gasteiger partial charge in [0.15, 0.2) is 0 Å². The molecule has 0 spiro atoms. The molecule has 0 saturated heterocycles. The van der Waals surface area contributed by atoms with Crippen LogP contribution in [0, 0.1) is 0 Å². The first-order valence-electron chi connectivity index (χ1n) is 2.82. The van der Waals surface area contributed by atoms with Gasteiger partial charge in [0.25, 0.3) is 0 Å². The molecule has 0 radical (unpaired) electrons. The Hall–Kier alpha value is 0.900. The Balaban J connectivity index is 0.00000144. The Morgan fingerprint density at radius 3 is 2.31 bits per heavy atom. The minimum atomic E-state index is -4.47. The van der Waals surface area contributed by atoms with E-state index in [2.05, 4.69) is 15.9 Å². The van der Waals surface area contributed by atoms with Crippen LogP contribution in [-0.2, 0) is 10.1 Å². The number of hydrogen-bond donors (Lipinski definition) is 0. The van der Waals surface area contributed by atoms with Crippen LogP contribution in [0.2, 0.25) is 5.02 Å². The summed E-state index contributed by atoms with van der Waals surface area (Å²) in [4.78, 5) is -0.404. The smallest absolute Gasteiger partial charge is 0.744 e. The Morgan fingerprint density at radius 1 is 1.38 bits per heavy atom. The molecule has 0 aliphatic carbocycles. The van der Waals surface area contributed by atoms with Crippen LogP contribution in [0.25, 0.3) is 0 Å². The minimum absolute atomic E-state index is 0. The second-order valence-corrected chi connectivity index (χ2v) is 4.70. The molecule has 1 aromatic carbocycles. The van der Waals surface area contributed by atoms with Gasteiger partial charge in [-0.1, -0.05) is 27.5 Å². The number of halogens is 2. The van der Waals surface area contributed by atoms with Crippen molar-refractivity contribution in [3.05, 3.63) is 27.7 Å². The number of benzene rings is 1. The summed E-state index contributed by atoms with van der Waals surface area (Å²) in [6, 6.07) is 4.07. The van der Waals surface area contributed by atoms with Crippen LogP contribution >= 0.6 is 27.5 Å². The first kappa shape index (κ1) is 13.9. The summed E-state index contributed by atoms with van der Waals surface area (Å²) >= 11 is 8.51. The predicted molar refractivity (Wildman–Crippen MR) is 47.1 cm³/mol. The van der Waals surface area contributed by atoms with Gasteiger partial charge in [0.05, 0.1) is 9.92 Å². The third kappa shape index (κ3) is 3.87. The molecule has 0 aromatic heterocycles. The van der Waals surface area contributed by atoms with E-state index in [0.29, 0.717) is 4.47 Å². The largest absolute Gasteiger partial charge is 1.00 e. The molecule has 0 heterocycles. The molecule has 3 nitrogen and oxygen atoms in total. The summed E-state index contributed by atoms with van der Waals surface area (Å²) < 4.78 is 32.1. The zero-order valence-corrected chi connectivity index (χ0v) is 11.8. The predicted octanol–water partition coefficient (Wildman–Crippen LogP) is -0.989. The van der Waals surface area contributed by atoms with Gasteiger partial charge in [0.1, 0.15) is 10.1 Å². The monoisotopic (exact) mass is 292 g/mol. The van der Waals surface area contributed by atoms with Crippen molar-refractivity contribution in [3.8, 4) is 0 Å². The molecule has 1 rings (SSSR count). The molecule has 13 heavy (non-hydrogen) atoms. The maximum atomic E-state index is 10.5. The maximum Gasteiger partial charge on any atom is 1.00 e. The van der Waals surface area contributed by atoms with Crippen molar-refractivity contribution in [2.24, 2.45) is 0 Å².